The molecule has 2 rings (SSSR count). The van der Waals surface area contributed by atoms with Crippen molar-refractivity contribution in [3.8, 4) is 0 Å². The number of hydrogen-bond acceptors (Lipinski definition) is 2. The molecule has 1 aromatic carbocycles. The maximum absolute atomic E-state index is 5.19. The molecule has 12 heavy (non-hydrogen) atoms. The van der Waals surface area contributed by atoms with Crippen molar-refractivity contribution in [3.63, 3.8) is 0 Å². The summed E-state index contributed by atoms with van der Waals surface area (Å²) >= 11 is 1.88. The van der Waals surface area contributed by atoms with E-state index in [2.05, 4.69) is 31.2 Å². The Balaban J connectivity index is 2.08. The first kappa shape index (κ1) is 8.14. The van der Waals surface area contributed by atoms with Gasteiger partial charge in [-0.25, -0.2) is 0 Å². The lowest BCUT2D eigenvalue weighted by atomic mass is 10.2. The number of ether oxygens (including phenoxy) is 1. The number of epoxide rings is 1. The second kappa shape index (κ2) is 3.50. The molecule has 1 heterocycles. The van der Waals surface area contributed by atoms with Gasteiger partial charge < -0.3 is 4.74 Å². The maximum Gasteiger partial charge on any atom is 0.106 e. The minimum atomic E-state index is 0.394. The summed E-state index contributed by atoms with van der Waals surface area (Å²) in [5.74, 6) is 1.14. The standard InChI is InChI=1S/C10H12OS/c1-2-12-9-5-3-8(4-6-9)10-7-11-10/h3-6,10H,2,7H2,1H3. The summed E-state index contributed by atoms with van der Waals surface area (Å²) in [6.07, 6.45) is 0.394. The van der Waals surface area contributed by atoms with Crippen molar-refractivity contribution < 1.29 is 4.74 Å². The normalized spacial score (nSPS) is 20.9. The fourth-order valence-corrected chi connectivity index (χ4v) is 1.85. The summed E-state index contributed by atoms with van der Waals surface area (Å²) in [6.45, 7) is 3.07. The van der Waals surface area contributed by atoms with Crippen LogP contribution in [0.5, 0.6) is 0 Å². The lowest BCUT2D eigenvalue weighted by Gasteiger charge is -1.99. The van der Waals surface area contributed by atoms with Crippen LogP contribution >= 0.6 is 11.8 Å². The Morgan fingerprint density at radius 2 is 2.08 bits per heavy atom. The molecule has 0 amide bonds. The second-order valence-electron chi connectivity index (χ2n) is 2.82. The van der Waals surface area contributed by atoms with Gasteiger partial charge in [0.1, 0.15) is 6.10 Å². The minimum Gasteiger partial charge on any atom is -0.368 e. The molecule has 1 aromatic rings. The average Bonchev–Trinajstić information content (AvgIpc) is 2.89. The van der Waals surface area contributed by atoms with Gasteiger partial charge in [0.05, 0.1) is 6.61 Å². The Labute approximate surface area is 77.1 Å². The van der Waals surface area contributed by atoms with Crippen LogP contribution in [0.2, 0.25) is 0 Å². The van der Waals surface area contributed by atoms with Crippen LogP contribution in [0.1, 0.15) is 18.6 Å². The predicted octanol–water partition coefficient (Wildman–Crippen LogP) is 2.87. The fourth-order valence-electron chi connectivity index (χ4n) is 1.19. The van der Waals surface area contributed by atoms with Crippen LogP contribution in [0.4, 0.5) is 0 Å². The number of rotatable bonds is 3. The van der Waals surface area contributed by atoms with E-state index in [1.165, 1.54) is 10.5 Å². The SMILES string of the molecule is CCSc1ccc(C2CO2)cc1. The highest BCUT2D eigenvalue weighted by Crippen LogP contribution is 2.30. The van der Waals surface area contributed by atoms with Gasteiger partial charge in [0.15, 0.2) is 0 Å². The third-order valence-corrected chi connectivity index (χ3v) is 2.79. The first-order valence-corrected chi connectivity index (χ1v) is 5.23. The molecule has 1 atom stereocenters. The van der Waals surface area contributed by atoms with Crippen molar-refractivity contribution in [1.82, 2.24) is 0 Å². The van der Waals surface area contributed by atoms with E-state index in [0.29, 0.717) is 6.10 Å². The van der Waals surface area contributed by atoms with Gasteiger partial charge in [-0.15, -0.1) is 11.8 Å². The van der Waals surface area contributed by atoms with E-state index in [1.807, 2.05) is 11.8 Å². The van der Waals surface area contributed by atoms with Crippen LogP contribution in [-0.4, -0.2) is 12.4 Å². The van der Waals surface area contributed by atoms with Gasteiger partial charge in [-0.05, 0) is 23.4 Å². The first-order chi connectivity index (χ1) is 5.90. The fraction of sp³-hybridized carbons (Fsp3) is 0.400. The Morgan fingerprint density at radius 3 is 2.58 bits per heavy atom. The Bertz CT molecular complexity index is 251. The highest BCUT2D eigenvalue weighted by molar-refractivity contribution is 7.99. The summed E-state index contributed by atoms with van der Waals surface area (Å²) < 4.78 is 5.19. The van der Waals surface area contributed by atoms with Crippen LogP contribution in [-0.2, 0) is 4.74 Å². The van der Waals surface area contributed by atoms with Gasteiger partial charge in [-0.3, -0.25) is 0 Å². The molecule has 2 heteroatoms. The molecule has 1 nitrogen and oxygen atoms in total. The molecular formula is C10H12OS. The molecule has 1 aliphatic heterocycles. The van der Waals surface area contributed by atoms with Gasteiger partial charge in [0.25, 0.3) is 0 Å². The molecule has 1 saturated heterocycles. The van der Waals surface area contributed by atoms with Crippen LogP contribution in [0.25, 0.3) is 0 Å². The summed E-state index contributed by atoms with van der Waals surface area (Å²) in [7, 11) is 0. The summed E-state index contributed by atoms with van der Waals surface area (Å²) in [4.78, 5) is 1.35. The van der Waals surface area contributed by atoms with E-state index in [9.17, 15) is 0 Å². The van der Waals surface area contributed by atoms with E-state index in [-0.39, 0.29) is 0 Å². The third kappa shape index (κ3) is 1.82. The Morgan fingerprint density at radius 1 is 1.42 bits per heavy atom. The van der Waals surface area contributed by atoms with Gasteiger partial charge in [-0.2, -0.15) is 0 Å². The number of thioether (sulfide) groups is 1. The molecule has 0 N–H and O–H groups in total. The number of hydrogen-bond donors (Lipinski definition) is 0. The van der Waals surface area contributed by atoms with Crippen molar-refractivity contribution >= 4 is 11.8 Å². The maximum atomic E-state index is 5.19. The van der Waals surface area contributed by atoms with Gasteiger partial charge in [0, 0.05) is 4.90 Å². The zero-order valence-corrected chi connectivity index (χ0v) is 7.93. The predicted molar refractivity (Wildman–Crippen MR) is 51.5 cm³/mol. The van der Waals surface area contributed by atoms with Crippen molar-refractivity contribution in [2.45, 2.75) is 17.9 Å². The molecule has 0 saturated carbocycles. The zero-order valence-electron chi connectivity index (χ0n) is 7.12. The molecule has 64 valence electrons. The van der Waals surface area contributed by atoms with E-state index in [1.54, 1.807) is 0 Å². The van der Waals surface area contributed by atoms with Crippen LogP contribution < -0.4 is 0 Å². The highest BCUT2D eigenvalue weighted by atomic mass is 32.2. The summed E-state index contributed by atoms with van der Waals surface area (Å²) in [6, 6.07) is 8.67. The third-order valence-electron chi connectivity index (χ3n) is 1.90. The lowest BCUT2D eigenvalue weighted by Crippen LogP contribution is -1.79. The summed E-state index contributed by atoms with van der Waals surface area (Å²) in [5.41, 5.74) is 1.32. The van der Waals surface area contributed by atoms with Crippen molar-refractivity contribution in [2.75, 3.05) is 12.4 Å². The molecule has 1 unspecified atom stereocenters. The summed E-state index contributed by atoms with van der Waals surface area (Å²) in [5, 5.41) is 0. The molecule has 1 fully saturated rings. The molecule has 0 radical (unpaired) electrons. The van der Waals surface area contributed by atoms with E-state index < -0.39 is 0 Å². The Kier molecular flexibility index (Phi) is 2.38. The van der Waals surface area contributed by atoms with E-state index >= 15 is 0 Å². The smallest absolute Gasteiger partial charge is 0.106 e. The van der Waals surface area contributed by atoms with Gasteiger partial charge >= 0.3 is 0 Å². The van der Waals surface area contributed by atoms with Gasteiger partial charge in [0.2, 0.25) is 0 Å². The monoisotopic (exact) mass is 180 g/mol. The van der Waals surface area contributed by atoms with E-state index in [0.717, 1.165) is 12.4 Å². The Hall–Kier alpha value is -0.470. The molecule has 0 bridgehead atoms. The van der Waals surface area contributed by atoms with E-state index in [4.69, 9.17) is 4.74 Å². The molecule has 0 aromatic heterocycles. The number of benzene rings is 1. The average molecular weight is 180 g/mol. The van der Waals surface area contributed by atoms with Crippen LogP contribution in [0.15, 0.2) is 29.2 Å². The second-order valence-corrected chi connectivity index (χ2v) is 4.16. The van der Waals surface area contributed by atoms with Crippen molar-refractivity contribution in [2.24, 2.45) is 0 Å². The largest absolute Gasteiger partial charge is 0.368 e. The quantitative estimate of drug-likeness (QED) is 0.524. The minimum absolute atomic E-state index is 0.394. The topological polar surface area (TPSA) is 12.5 Å². The molecular weight excluding hydrogens is 168 g/mol. The molecule has 0 spiro atoms. The molecule has 1 aliphatic rings. The zero-order chi connectivity index (χ0) is 8.39. The van der Waals surface area contributed by atoms with Crippen molar-refractivity contribution in [1.29, 1.82) is 0 Å². The highest BCUT2D eigenvalue weighted by Gasteiger charge is 2.24. The molecule has 0 aliphatic carbocycles. The first-order valence-electron chi connectivity index (χ1n) is 4.24. The van der Waals surface area contributed by atoms with Crippen molar-refractivity contribution in [3.05, 3.63) is 29.8 Å². The lowest BCUT2D eigenvalue weighted by molar-refractivity contribution is 0.415. The van der Waals surface area contributed by atoms with Crippen LogP contribution in [0.3, 0.4) is 0 Å². The van der Waals surface area contributed by atoms with Gasteiger partial charge in [-0.1, -0.05) is 19.1 Å². The van der Waals surface area contributed by atoms with Crippen LogP contribution in [0, 0.1) is 0 Å².